The number of nitrogens with zero attached hydrogens (tertiary/aromatic N) is 3. The van der Waals surface area contributed by atoms with Crippen molar-refractivity contribution < 1.29 is 9.18 Å². The molecule has 23 heavy (non-hydrogen) atoms. The van der Waals surface area contributed by atoms with Gasteiger partial charge in [0, 0.05) is 26.2 Å². The number of benzene rings is 1. The normalized spacial score (nSPS) is 15.1. The van der Waals surface area contributed by atoms with E-state index >= 15 is 0 Å². The number of hydrogen-bond donors (Lipinski definition) is 1. The molecule has 1 aromatic carbocycles. The third kappa shape index (κ3) is 3.03. The highest BCUT2D eigenvalue weighted by molar-refractivity contribution is 6.33. The quantitative estimate of drug-likeness (QED) is 0.917. The van der Waals surface area contributed by atoms with Crippen molar-refractivity contribution in [3.8, 4) is 0 Å². The number of aromatic nitrogens is 2. The number of H-pyrrole nitrogens is 1. The van der Waals surface area contributed by atoms with E-state index in [1.54, 1.807) is 4.90 Å². The molecular formula is C16H18ClFN4O. The first kappa shape index (κ1) is 15.8. The van der Waals surface area contributed by atoms with Crippen LogP contribution in [0.1, 0.15) is 21.7 Å². The maximum Gasteiger partial charge on any atom is 0.255 e. The molecule has 0 aliphatic carbocycles. The molecule has 0 atom stereocenters. The Morgan fingerprint density at radius 1 is 1.26 bits per heavy atom. The minimum atomic E-state index is -0.442. The predicted octanol–water partition coefficient (Wildman–Crippen LogP) is 2.78. The molecule has 1 fully saturated rings. The summed E-state index contributed by atoms with van der Waals surface area (Å²) >= 11 is 5.98. The summed E-state index contributed by atoms with van der Waals surface area (Å²) in [7, 11) is 0. The maximum absolute atomic E-state index is 13.1. The monoisotopic (exact) mass is 336 g/mol. The van der Waals surface area contributed by atoms with Gasteiger partial charge in [0.25, 0.3) is 5.91 Å². The number of carbonyl (C=O) groups is 1. The number of aryl methyl sites for hydroxylation is 2. The second-order valence-electron chi connectivity index (χ2n) is 5.69. The van der Waals surface area contributed by atoms with Crippen LogP contribution >= 0.6 is 11.6 Å². The Morgan fingerprint density at radius 2 is 1.96 bits per heavy atom. The summed E-state index contributed by atoms with van der Waals surface area (Å²) in [6, 6.07) is 3.87. The number of amides is 1. The lowest BCUT2D eigenvalue weighted by Crippen LogP contribution is -2.49. The summed E-state index contributed by atoms with van der Waals surface area (Å²) in [5.41, 5.74) is 3.45. The largest absolute Gasteiger partial charge is 0.365 e. The average Bonchev–Trinajstić information content (AvgIpc) is 2.86. The average molecular weight is 337 g/mol. The number of carbonyl (C=O) groups excluding carboxylic acids is 1. The topological polar surface area (TPSA) is 52.2 Å². The Balaban J connectivity index is 1.70. The molecule has 1 amide bonds. The lowest BCUT2D eigenvalue weighted by atomic mass is 10.1. The number of anilines is 1. The lowest BCUT2D eigenvalue weighted by Gasteiger charge is -2.36. The van der Waals surface area contributed by atoms with Gasteiger partial charge in [-0.2, -0.15) is 5.10 Å². The lowest BCUT2D eigenvalue weighted by molar-refractivity contribution is 0.0747. The van der Waals surface area contributed by atoms with Crippen LogP contribution in [0.15, 0.2) is 18.2 Å². The van der Waals surface area contributed by atoms with Gasteiger partial charge in [0.1, 0.15) is 5.82 Å². The smallest absolute Gasteiger partial charge is 0.255 e. The van der Waals surface area contributed by atoms with Gasteiger partial charge >= 0.3 is 0 Å². The molecule has 1 aromatic heterocycles. The van der Waals surface area contributed by atoms with Crippen molar-refractivity contribution in [3.63, 3.8) is 0 Å². The van der Waals surface area contributed by atoms with Crippen molar-refractivity contribution in [2.24, 2.45) is 0 Å². The highest BCUT2D eigenvalue weighted by atomic mass is 35.5. The molecule has 0 saturated carbocycles. The minimum absolute atomic E-state index is 0.152. The maximum atomic E-state index is 13.1. The molecule has 7 heteroatoms. The Kier molecular flexibility index (Phi) is 4.26. The molecule has 3 rings (SSSR count). The fourth-order valence-electron chi connectivity index (χ4n) is 2.98. The summed E-state index contributed by atoms with van der Waals surface area (Å²) in [6.07, 6.45) is 0. The fraction of sp³-hybridized carbons (Fsp3) is 0.375. The number of piperazine rings is 1. The SMILES string of the molecule is Cc1n[nH]c(C)c1N1CCN(C(=O)c2ccc(F)cc2Cl)CC1. The second-order valence-corrected chi connectivity index (χ2v) is 6.09. The van der Waals surface area contributed by atoms with Crippen LogP contribution in [0.25, 0.3) is 0 Å². The van der Waals surface area contributed by atoms with Gasteiger partial charge in [0.05, 0.1) is 27.7 Å². The van der Waals surface area contributed by atoms with E-state index < -0.39 is 5.82 Å². The highest BCUT2D eigenvalue weighted by Gasteiger charge is 2.25. The minimum Gasteiger partial charge on any atom is -0.365 e. The molecule has 5 nitrogen and oxygen atoms in total. The first-order valence-electron chi connectivity index (χ1n) is 7.48. The van der Waals surface area contributed by atoms with Crippen molar-refractivity contribution >= 4 is 23.2 Å². The number of aromatic amines is 1. The van der Waals surface area contributed by atoms with Gasteiger partial charge in [0.2, 0.25) is 0 Å². The van der Waals surface area contributed by atoms with Crippen LogP contribution in [0.4, 0.5) is 10.1 Å². The first-order chi connectivity index (χ1) is 11.0. The van der Waals surface area contributed by atoms with E-state index in [1.807, 2.05) is 13.8 Å². The van der Waals surface area contributed by atoms with Crippen LogP contribution in [-0.4, -0.2) is 47.2 Å². The van der Waals surface area contributed by atoms with Gasteiger partial charge in [-0.25, -0.2) is 4.39 Å². The van der Waals surface area contributed by atoms with Crippen LogP contribution < -0.4 is 4.90 Å². The van der Waals surface area contributed by atoms with Crippen molar-refractivity contribution in [2.75, 3.05) is 31.1 Å². The van der Waals surface area contributed by atoms with Crippen LogP contribution in [0.3, 0.4) is 0 Å². The summed E-state index contributed by atoms with van der Waals surface area (Å²) in [5.74, 6) is -0.599. The van der Waals surface area contributed by atoms with Crippen LogP contribution in [0, 0.1) is 19.7 Å². The molecule has 0 bridgehead atoms. The molecule has 1 aliphatic heterocycles. The van der Waals surface area contributed by atoms with Gasteiger partial charge in [0.15, 0.2) is 0 Å². The number of hydrogen-bond acceptors (Lipinski definition) is 3. The predicted molar refractivity (Wildman–Crippen MR) is 87.6 cm³/mol. The fourth-order valence-corrected chi connectivity index (χ4v) is 3.23. The third-order valence-electron chi connectivity index (χ3n) is 4.13. The Bertz CT molecular complexity index is 718. The van der Waals surface area contributed by atoms with E-state index in [2.05, 4.69) is 15.1 Å². The molecule has 122 valence electrons. The van der Waals surface area contributed by atoms with Crippen LogP contribution in [-0.2, 0) is 0 Å². The first-order valence-corrected chi connectivity index (χ1v) is 7.86. The van der Waals surface area contributed by atoms with Gasteiger partial charge in [-0.1, -0.05) is 11.6 Å². The van der Waals surface area contributed by atoms with Gasteiger partial charge in [-0.15, -0.1) is 0 Å². The molecule has 0 spiro atoms. The summed E-state index contributed by atoms with van der Waals surface area (Å²) in [6.45, 7) is 6.60. The Morgan fingerprint density at radius 3 is 2.52 bits per heavy atom. The standard InChI is InChI=1S/C16H18ClFN4O/c1-10-15(11(2)20-19-10)21-5-7-22(8-6-21)16(23)13-4-3-12(18)9-14(13)17/h3-4,9H,5-8H2,1-2H3,(H,19,20). The Labute approximate surface area is 139 Å². The second kappa shape index (κ2) is 6.20. The molecular weight excluding hydrogens is 319 g/mol. The van der Waals surface area contributed by atoms with E-state index in [0.717, 1.165) is 30.2 Å². The zero-order valence-electron chi connectivity index (χ0n) is 13.1. The third-order valence-corrected chi connectivity index (χ3v) is 4.45. The van der Waals surface area contributed by atoms with Crippen molar-refractivity contribution in [1.29, 1.82) is 0 Å². The van der Waals surface area contributed by atoms with E-state index in [9.17, 15) is 9.18 Å². The summed E-state index contributed by atoms with van der Waals surface area (Å²) in [4.78, 5) is 16.5. The summed E-state index contributed by atoms with van der Waals surface area (Å²) < 4.78 is 13.1. The van der Waals surface area contributed by atoms with Gasteiger partial charge in [-0.05, 0) is 32.0 Å². The molecule has 1 N–H and O–H groups in total. The van der Waals surface area contributed by atoms with Gasteiger partial charge in [-0.3, -0.25) is 9.89 Å². The molecule has 0 radical (unpaired) electrons. The zero-order chi connectivity index (χ0) is 16.6. The van der Waals surface area contributed by atoms with E-state index in [-0.39, 0.29) is 10.9 Å². The molecule has 2 aromatic rings. The van der Waals surface area contributed by atoms with E-state index in [1.165, 1.54) is 18.2 Å². The highest BCUT2D eigenvalue weighted by Crippen LogP contribution is 2.24. The van der Waals surface area contributed by atoms with E-state index in [0.29, 0.717) is 18.7 Å². The Hall–Kier alpha value is -2.08. The molecule has 2 heterocycles. The number of halogens is 2. The van der Waals surface area contributed by atoms with Crippen molar-refractivity contribution in [3.05, 3.63) is 46.0 Å². The van der Waals surface area contributed by atoms with Crippen LogP contribution in [0.2, 0.25) is 5.02 Å². The van der Waals surface area contributed by atoms with Crippen molar-refractivity contribution in [2.45, 2.75) is 13.8 Å². The van der Waals surface area contributed by atoms with Gasteiger partial charge < -0.3 is 9.80 Å². The van der Waals surface area contributed by atoms with E-state index in [4.69, 9.17) is 11.6 Å². The molecule has 0 unspecified atom stereocenters. The molecule has 1 saturated heterocycles. The van der Waals surface area contributed by atoms with Crippen LogP contribution in [0.5, 0.6) is 0 Å². The molecule has 1 aliphatic rings. The number of rotatable bonds is 2. The summed E-state index contributed by atoms with van der Waals surface area (Å²) in [5, 5.41) is 7.35. The number of nitrogens with one attached hydrogen (secondary N) is 1. The van der Waals surface area contributed by atoms with Crippen molar-refractivity contribution in [1.82, 2.24) is 15.1 Å². The zero-order valence-corrected chi connectivity index (χ0v) is 13.8.